The molecule has 0 unspecified atom stereocenters. The van der Waals surface area contributed by atoms with Crippen LogP contribution in [0.15, 0.2) is 47.4 Å². The van der Waals surface area contributed by atoms with Gasteiger partial charge in [0, 0.05) is 12.7 Å². The second kappa shape index (κ2) is 7.24. The van der Waals surface area contributed by atoms with Gasteiger partial charge in [-0.3, -0.25) is 9.20 Å². The summed E-state index contributed by atoms with van der Waals surface area (Å²) in [5, 5.41) is 12.7. The highest BCUT2D eigenvalue weighted by Gasteiger charge is 2.29. The number of hydrogen-bond acceptors (Lipinski definition) is 3. The van der Waals surface area contributed by atoms with Crippen molar-refractivity contribution in [3.8, 4) is 11.1 Å². The van der Waals surface area contributed by atoms with E-state index in [1.807, 2.05) is 13.0 Å². The van der Waals surface area contributed by atoms with Gasteiger partial charge in [-0.1, -0.05) is 31.2 Å². The summed E-state index contributed by atoms with van der Waals surface area (Å²) >= 11 is 0. The van der Waals surface area contributed by atoms with Crippen LogP contribution in [0.4, 0.5) is 0 Å². The van der Waals surface area contributed by atoms with Gasteiger partial charge >= 0.3 is 5.97 Å². The minimum atomic E-state index is -1.17. The molecule has 144 valence electrons. The lowest BCUT2D eigenvalue weighted by Crippen LogP contribution is -2.23. The van der Waals surface area contributed by atoms with Gasteiger partial charge in [0.15, 0.2) is 0 Å². The fourth-order valence-corrected chi connectivity index (χ4v) is 3.84. The number of nitrogens with zero attached hydrogens (tertiary/aromatic N) is 1. The van der Waals surface area contributed by atoms with Crippen molar-refractivity contribution in [1.82, 2.24) is 9.72 Å². The molecule has 0 radical (unpaired) electrons. The molecule has 1 aliphatic rings. The molecule has 5 nitrogen and oxygen atoms in total. The van der Waals surface area contributed by atoms with Gasteiger partial charge in [-0.25, -0.2) is 4.79 Å². The molecule has 1 saturated carbocycles. The molecule has 0 amide bonds. The number of benzene rings is 1. The van der Waals surface area contributed by atoms with Crippen LogP contribution in [0.3, 0.4) is 0 Å². The van der Waals surface area contributed by atoms with Crippen LogP contribution in [0.25, 0.3) is 16.6 Å². The number of carboxylic acid groups (broad SMARTS) is 1. The van der Waals surface area contributed by atoms with Gasteiger partial charge in [-0.05, 0) is 72.2 Å². The molecule has 0 aliphatic heterocycles. The van der Waals surface area contributed by atoms with Crippen molar-refractivity contribution in [2.45, 2.75) is 39.2 Å². The molecular weight excluding hydrogens is 352 g/mol. The number of nitrogens with one attached hydrogen (secondary N) is 1. The fourth-order valence-electron chi connectivity index (χ4n) is 3.84. The molecule has 1 aliphatic carbocycles. The van der Waals surface area contributed by atoms with E-state index in [4.69, 9.17) is 0 Å². The minimum Gasteiger partial charge on any atom is -0.477 e. The molecule has 0 saturated heterocycles. The maximum absolute atomic E-state index is 12.7. The molecule has 0 spiro atoms. The Kier molecular flexibility index (Phi) is 4.77. The highest BCUT2D eigenvalue weighted by Crippen LogP contribution is 2.43. The van der Waals surface area contributed by atoms with E-state index in [0.717, 1.165) is 53.7 Å². The third kappa shape index (κ3) is 3.22. The Balaban J connectivity index is 1.87. The molecule has 4 rings (SSSR count). The van der Waals surface area contributed by atoms with Crippen molar-refractivity contribution >= 4 is 11.5 Å². The zero-order valence-electron chi connectivity index (χ0n) is 16.2. The first-order valence-electron chi connectivity index (χ1n) is 9.73. The Hall–Kier alpha value is -2.92. The molecule has 0 atom stereocenters. The van der Waals surface area contributed by atoms with E-state index < -0.39 is 11.5 Å². The van der Waals surface area contributed by atoms with Crippen LogP contribution >= 0.6 is 0 Å². The minimum absolute atomic E-state index is 0.153. The van der Waals surface area contributed by atoms with Crippen LogP contribution in [0.5, 0.6) is 0 Å². The van der Waals surface area contributed by atoms with E-state index in [1.54, 1.807) is 12.3 Å². The van der Waals surface area contributed by atoms with E-state index in [0.29, 0.717) is 5.92 Å². The number of aromatic nitrogens is 1. The first kappa shape index (κ1) is 18.4. The van der Waals surface area contributed by atoms with Crippen LogP contribution in [0, 0.1) is 6.92 Å². The van der Waals surface area contributed by atoms with Gasteiger partial charge in [0.25, 0.3) is 5.56 Å². The molecule has 3 aromatic rings. The normalized spacial score (nSPS) is 13.8. The Labute approximate surface area is 163 Å². The van der Waals surface area contributed by atoms with Crippen molar-refractivity contribution in [3.63, 3.8) is 0 Å². The topological polar surface area (TPSA) is 70.8 Å². The van der Waals surface area contributed by atoms with Crippen LogP contribution in [0.1, 0.15) is 52.7 Å². The molecule has 1 fully saturated rings. The summed E-state index contributed by atoms with van der Waals surface area (Å²) in [7, 11) is 0. The number of fused-ring (bicyclic) bond motifs is 1. The van der Waals surface area contributed by atoms with Crippen molar-refractivity contribution in [1.29, 1.82) is 0 Å². The van der Waals surface area contributed by atoms with Crippen LogP contribution in [-0.2, 0) is 6.54 Å². The zero-order valence-corrected chi connectivity index (χ0v) is 16.2. The lowest BCUT2D eigenvalue weighted by atomic mass is 9.96. The molecule has 2 heterocycles. The number of hydrogen-bond donors (Lipinski definition) is 2. The summed E-state index contributed by atoms with van der Waals surface area (Å²) in [6, 6.07) is 11.9. The van der Waals surface area contributed by atoms with Crippen LogP contribution < -0.4 is 10.9 Å². The maximum atomic E-state index is 12.7. The van der Waals surface area contributed by atoms with Gasteiger partial charge in [0.1, 0.15) is 5.56 Å². The summed E-state index contributed by atoms with van der Waals surface area (Å²) in [6.45, 7) is 5.88. The van der Waals surface area contributed by atoms with Crippen molar-refractivity contribution in [2.24, 2.45) is 0 Å². The number of aromatic carboxylic acids is 1. The molecule has 0 bridgehead atoms. The number of carboxylic acids is 1. The van der Waals surface area contributed by atoms with Gasteiger partial charge in [-0.2, -0.15) is 0 Å². The average Bonchev–Trinajstić information content (AvgIpc) is 3.52. The van der Waals surface area contributed by atoms with E-state index in [9.17, 15) is 14.7 Å². The highest BCUT2D eigenvalue weighted by atomic mass is 16.4. The van der Waals surface area contributed by atoms with Crippen molar-refractivity contribution < 1.29 is 9.90 Å². The van der Waals surface area contributed by atoms with E-state index in [1.165, 1.54) is 9.96 Å². The van der Waals surface area contributed by atoms with Gasteiger partial charge < -0.3 is 10.4 Å². The fraction of sp³-hybridized carbons (Fsp3) is 0.304. The predicted octanol–water partition coefficient (Wildman–Crippen LogP) is 3.96. The van der Waals surface area contributed by atoms with Gasteiger partial charge in [0.2, 0.25) is 0 Å². The van der Waals surface area contributed by atoms with Gasteiger partial charge in [0.05, 0.1) is 5.52 Å². The first-order chi connectivity index (χ1) is 13.5. The molecule has 1 aromatic carbocycles. The van der Waals surface area contributed by atoms with E-state index in [2.05, 4.69) is 36.5 Å². The molecular formula is C23H24N2O3. The summed E-state index contributed by atoms with van der Waals surface area (Å²) in [4.78, 5) is 24.2. The summed E-state index contributed by atoms with van der Waals surface area (Å²) in [5.41, 5.74) is 5.60. The van der Waals surface area contributed by atoms with E-state index >= 15 is 0 Å². The smallest absolute Gasteiger partial charge is 0.341 e. The van der Waals surface area contributed by atoms with Crippen molar-refractivity contribution in [3.05, 3.63) is 75.2 Å². The SMILES string of the molecule is CCNCc1ccc(-c2ccn3c(=O)c(C(=O)O)cc(C4CC4)c3c2C)cc1. The maximum Gasteiger partial charge on any atom is 0.341 e. The average molecular weight is 376 g/mol. The number of pyridine rings is 2. The quantitative estimate of drug-likeness (QED) is 0.683. The highest BCUT2D eigenvalue weighted by molar-refractivity contribution is 5.89. The number of aryl methyl sites for hydroxylation is 1. The van der Waals surface area contributed by atoms with Gasteiger partial charge in [-0.15, -0.1) is 0 Å². The predicted molar refractivity (Wildman–Crippen MR) is 110 cm³/mol. The standard InChI is InChI=1S/C23H24N2O3/c1-3-24-13-15-4-6-16(7-5-15)18-10-11-25-21(14(18)2)19(17-8-9-17)12-20(22(25)26)23(27)28/h4-7,10-12,17,24H,3,8-9,13H2,1-2H3,(H,27,28). The van der Waals surface area contributed by atoms with Crippen LogP contribution in [-0.4, -0.2) is 22.0 Å². The van der Waals surface area contributed by atoms with Crippen molar-refractivity contribution in [2.75, 3.05) is 6.54 Å². The largest absolute Gasteiger partial charge is 0.477 e. The Morgan fingerprint density at radius 3 is 2.54 bits per heavy atom. The van der Waals surface area contributed by atoms with Crippen LogP contribution in [0.2, 0.25) is 0 Å². The first-order valence-corrected chi connectivity index (χ1v) is 9.73. The molecule has 28 heavy (non-hydrogen) atoms. The molecule has 2 aromatic heterocycles. The Morgan fingerprint density at radius 1 is 1.21 bits per heavy atom. The summed E-state index contributed by atoms with van der Waals surface area (Å²) in [6.07, 6.45) is 3.79. The number of rotatable bonds is 6. The second-order valence-corrected chi connectivity index (χ2v) is 7.45. The third-order valence-electron chi connectivity index (χ3n) is 5.50. The lowest BCUT2D eigenvalue weighted by Gasteiger charge is -2.15. The summed E-state index contributed by atoms with van der Waals surface area (Å²) < 4.78 is 1.51. The third-order valence-corrected chi connectivity index (χ3v) is 5.50. The monoisotopic (exact) mass is 376 g/mol. The Bertz CT molecular complexity index is 1110. The van der Waals surface area contributed by atoms with E-state index in [-0.39, 0.29) is 5.56 Å². The second-order valence-electron chi connectivity index (χ2n) is 7.45. The summed E-state index contributed by atoms with van der Waals surface area (Å²) in [5.74, 6) is -0.829. The Morgan fingerprint density at radius 2 is 1.93 bits per heavy atom. The molecule has 5 heteroatoms. The molecule has 2 N–H and O–H groups in total. The number of carbonyl (C=O) groups is 1. The lowest BCUT2D eigenvalue weighted by molar-refractivity contribution is 0.0694. The zero-order chi connectivity index (χ0) is 19.8.